The number of allylic oxidation sites excluding steroid dienone is 1. The van der Waals surface area contributed by atoms with Crippen molar-refractivity contribution in [3.05, 3.63) is 144 Å². The Kier molecular flexibility index (Phi) is 5.37. The van der Waals surface area contributed by atoms with Crippen LogP contribution in [0.15, 0.2) is 101 Å². The number of hydrogen-bond donors (Lipinski definition) is 0. The molecule has 2 aromatic carbocycles. The van der Waals surface area contributed by atoms with E-state index in [9.17, 15) is 4.79 Å². The molecular weight excluding hydrogens is 488 g/mol. The summed E-state index contributed by atoms with van der Waals surface area (Å²) in [4.78, 5) is 24.2. The van der Waals surface area contributed by atoms with Crippen LogP contribution < -0.4 is 14.9 Å². The van der Waals surface area contributed by atoms with Gasteiger partial charge in [-0.2, -0.15) is 0 Å². The molecule has 1 aliphatic heterocycles. The van der Waals surface area contributed by atoms with Gasteiger partial charge in [0.2, 0.25) is 0 Å². The van der Waals surface area contributed by atoms with Gasteiger partial charge in [-0.05, 0) is 73.2 Å². The highest BCUT2D eigenvalue weighted by atomic mass is 32.1. The van der Waals surface area contributed by atoms with Crippen molar-refractivity contribution in [2.75, 3.05) is 0 Å². The highest BCUT2D eigenvalue weighted by Gasteiger charge is 2.32. The molecule has 0 radical (unpaired) electrons. The summed E-state index contributed by atoms with van der Waals surface area (Å²) in [5, 5.41) is 0. The van der Waals surface area contributed by atoms with Gasteiger partial charge in [-0.15, -0.1) is 0 Å². The van der Waals surface area contributed by atoms with Crippen molar-refractivity contribution >= 4 is 23.1 Å². The predicted molar refractivity (Wildman–Crippen MR) is 152 cm³/mol. The van der Waals surface area contributed by atoms with E-state index in [1.807, 2.05) is 35.0 Å². The van der Waals surface area contributed by atoms with E-state index in [0.717, 1.165) is 51.5 Å². The number of aromatic nitrogens is 3. The number of pyridine rings is 1. The lowest BCUT2D eigenvalue weighted by Crippen LogP contribution is -2.38. The third kappa shape index (κ3) is 3.56. The van der Waals surface area contributed by atoms with Crippen molar-refractivity contribution in [3.63, 3.8) is 0 Å². The Labute approximate surface area is 224 Å². The van der Waals surface area contributed by atoms with Crippen LogP contribution in [0, 0.1) is 13.8 Å². The lowest BCUT2D eigenvalue weighted by Gasteiger charge is -2.30. The first kappa shape index (κ1) is 22.9. The van der Waals surface area contributed by atoms with Crippen LogP contribution in [-0.2, 0) is 6.42 Å². The summed E-state index contributed by atoms with van der Waals surface area (Å²) in [5.41, 5.74) is 10.1. The quantitative estimate of drug-likeness (QED) is 0.336. The van der Waals surface area contributed by atoms with Gasteiger partial charge in [0.1, 0.15) is 0 Å². The normalized spacial score (nSPS) is 16.6. The Hall–Kier alpha value is -4.29. The van der Waals surface area contributed by atoms with Gasteiger partial charge >= 0.3 is 0 Å². The van der Waals surface area contributed by atoms with Crippen LogP contribution in [-0.4, -0.2) is 14.1 Å². The van der Waals surface area contributed by atoms with Crippen molar-refractivity contribution in [2.45, 2.75) is 32.7 Å². The average molecular weight is 515 g/mol. The van der Waals surface area contributed by atoms with Gasteiger partial charge in [-0.3, -0.25) is 14.3 Å². The van der Waals surface area contributed by atoms with Crippen LogP contribution in [0.3, 0.4) is 0 Å². The van der Waals surface area contributed by atoms with Crippen molar-refractivity contribution < 1.29 is 0 Å². The lowest BCUT2D eigenvalue weighted by atomic mass is 9.83. The zero-order valence-electron chi connectivity index (χ0n) is 21.3. The molecule has 5 aromatic rings. The van der Waals surface area contributed by atoms with E-state index in [0.29, 0.717) is 4.53 Å². The van der Waals surface area contributed by atoms with Gasteiger partial charge < -0.3 is 4.57 Å². The third-order valence-electron chi connectivity index (χ3n) is 7.65. The molecule has 7 rings (SSSR count). The summed E-state index contributed by atoms with van der Waals surface area (Å²) in [6.07, 6.45) is 7.52. The Balaban J connectivity index is 1.45. The number of benzene rings is 2. The first-order valence-corrected chi connectivity index (χ1v) is 13.7. The van der Waals surface area contributed by atoms with Crippen molar-refractivity contribution in [1.29, 1.82) is 0 Å². The summed E-state index contributed by atoms with van der Waals surface area (Å²) in [6.45, 7) is 4.17. The van der Waals surface area contributed by atoms with E-state index in [4.69, 9.17) is 4.99 Å². The Morgan fingerprint density at radius 2 is 1.79 bits per heavy atom. The Morgan fingerprint density at radius 1 is 0.974 bits per heavy atom. The maximum atomic E-state index is 14.0. The molecule has 1 aliphatic carbocycles. The summed E-state index contributed by atoms with van der Waals surface area (Å²) in [6, 6.07) is 24.9. The smallest absolute Gasteiger partial charge is 0.271 e. The summed E-state index contributed by atoms with van der Waals surface area (Å²) >= 11 is 1.48. The van der Waals surface area contributed by atoms with E-state index in [-0.39, 0.29) is 11.6 Å². The van der Waals surface area contributed by atoms with Gasteiger partial charge in [0, 0.05) is 23.1 Å². The van der Waals surface area contributed by atoms with Crippen molar-refractivity contribution in [3.8, 4) is 5.69 Å². The number of aryl methyl sites for hydroxylation is 2. The molecule has 2 aliphatic rings. The largest absolute Gasteiger partial charge is 0.316 e. The molecule has 1 atom stereocenters. The number of thiazole rings is 1. The minimum absolute atomic E-state index is 0.0131. The van der Waals surface area contributed by atoms with Gasteiger partial charge in [0.05, 0.1) is 28.2 Å². The third-order valence-corrected chi connectivity index (χ3v) is 8.63. The molecule has 5 nitrogen and oxygen atoms in total. The van der Waals surface area contributed by atoms with E-state index in [1.54, 1.807) is 6.20 Å². The molecule has 0 unspecified atom stereocenters. The van der Waals surface area contributed by atoms with E-state index in [1.165, 1.54) is 28.0 Å². The maximum absolute atomic E-state index is 14.0. The predicted octanol–water partition coefficient (Wildman–Crippen LogP) is 5.12. The molecule has 38 heavy (non-hydrogen) atoms. The van der Waals surface area contributed by atoms with Crippen LogP contribution >= 0.6 is 11.3 Å². The Bertz CT molecular complexity index is 1910. The molecule has 3 aromatic heterocycles. The second-order valence-electron chi connectivity index (χ2n) is 9.90. The second kappa shape index (κ2) is 8.92. The van der Waals surface area contributed by atoms with Crippen LogP contribution in [0.1, 0.15) is 46.1 Å². The minimum atomic E-state index is -0.152. The molecule has 186 valence electrons. The average Bonchev–Trinajstić information content (AvgIpc) is 3.42. The molecule has 0 amide bonds. The van der Waals surface area contributed by atoms with E-state index in [2.05, 4.69) is 78.0 Å². The number of nitrogens with zero attached hydrogens (tertiary/aromatic N) is 4. The van der Waals surface area contributed by atoms with Crippen LogP contribution in [0.25, 0.3) is 17.5 Å². The fourth-order valence-electron chi connectivity index (χ4n) is 5.92. The van der Waals surface area contributed by atoms with Crippen molar-refractivity contribution in [2.24, 2.45) is 4.99 Å². The fourth-order valence-corrected chi connectivity index (χ4v) is 6.91. The number of rotatable bonds is 3. The molecular formula is C32H26N4OS. The summed E-state index contributed by atoms with van der Waals surface area (Å²) in [7, 11) is 0. The van der Waals surface area contributed by atoms with Gasteiger partial charge in [-0.25, -0.2) is 4.99 Å². The molecule has 0 fully saturated rings. The van der Waals surface area contributed by atoms with Crippen LogP contribution in [0.4, 0.5) is 0 Å². The van der Waals surface area contributed by atoms with Crippen LogP contribution in [0.2, 0.25) is 0 Å². The topological polar surface area (TPSA) is 52.2 Å². The minimum Gasteiger partial charge on any atom is -0.316 e. The summed E-state index contributed by atoms with van der Waals surface area (Å²) in [5.74, 6) is 0. The molecule has 0 bridgehead atoms. The molecule has 0 spiro atoms. The molecule has 0 saturated carbocycles. The molecule has 4 heterocycles. The zero-order valence-corrected chi connectivity index (χ0v) is 22.1. The number of fused-ring (bicyclic) bond motifs is 3. The van der Waals surface area contributed by atoms with Gasteiger partial charge in [-0.1, -0.05) is 65.9 Å². The second-order valence-corrected chi connectivity index (χ2v) is 10.9. The Morgan fingerprint density at radius 3 is 2.61 bits per heavy atom. The standard InChI is InChI=1S/C32H26N4OS/c1-20-17-24(21(2)35(20)25-12-8-16-33-19-25)18-28-31(37)36-30(23-10-4-3-5-11-23)27-15-14-22-9-6-7-13-26(22)29(27)34-32(36)38-28/h3-13,16-19,30H,14-15H2,1-2H3/t30-/m1/s1. The maximum Gasteiger partial charge on any atom is 0.271 e. The van der Waals surface area contributed by atoms with Gasteiger partial charge in [0.25, 0.3) is 5.56 Å². The van der Waals surface area contributed by atoms with Crippen LogP contribution in [0.5, 0.6) is 0 Å². The highest BCUT2D eigenvalue weighted by molar-refractivity contribution is 7.07. The zero-order chi connectivity index (χ0) is 25.8. The molecule has 0 saturated heterocycles. The highest BCUT2D eigenvalue weighted by Crippen LogP contribution is 2.41. The lowest BCUT2D eigenvalue weighted by molar-refractivity contribution is 0.585. The molecule has 6 heteroatoms. The van der Waals surface area contributed by atoms with Crippen molar-refractivity contribution in [1.82, 2.24) is 14.1 Å². The summed E-state index contributed by atoms with van der Waals surface area (Å²) < 4.78 is 4.79. The first-order valence-electron chi connectivity index (χ1n) is 12.9. The van der Waals surface area contributed by atoms with Gasteiger partial charge in [0.15, 0.2) is 4.80 Å². The first-order chi connectivity index (χ1) is 18.6. The van der Waals surface area contributed by atoms with E-state index >= 15 is 0 Å². The monoisotopic (exact) mass is 514 g/mol. The van der Waals surface area contributed by atoms with E-state index < -0.39 is 0 Å². The SMILES string of the molecule is Cc1cc(C=c2sc3n(c2=O)[C@H](c2ccccc2)C2=C(N=3)c3ccccc3CC2)c(C)n1-c1cccnc1. The number of hydrogen-bond acceptors (Lipinski definition) is 4. The fraction of sp³-hybridized carbons (Fsp3) is 0.156. The molecule has 0 N–H and O–H groups in total.